The Morgan fingerprint density at radius 3 is 2.59 bits per heavy atom. The van der Waals surface area contributed by atoms with Crippen LogP contribution in [0.5, 0.6) is 0 Å². The molecule has 2 aromatic heterocycles. The monoisotopic (exact) mass is 500 g/mol. The molecule has 0 atom stereocenters. The predicted molar refractivity (Wildman–Crippen MR) is 132 cm³/mol. The van der Waals surface area contributed by atoms with E-state index in [1.165, 1.54) is 37.7 Å². The first-order valence-corrected chi connectivity index (χ1v) is 11.2. The average Bonchev–Trinajstić information content (AvgIpc) is 3.31. The molecule has 3 aromatic rings. The third-order valence-electron chi connectivity index (χ3n) is 5.90. The molecule has 1 aliphatic carbocycles. The number of carbonyl (C=O) groups is 2. The fourth-order valence-electron chi connectivity index (χ4n) is 4.21. The lowest BCUT2D eigenvalue weighted by molar-refractivity contribution is -0.141. The van der Waals surface area contributed by atoms with Crippen molar-refractivity contribution in [1.82, 2.24) is 19.2 Å². The summed E-state index contributed by atoms with van der Waals surface area (Å²) in [5.41, 5.74) is 2.96. The Morgan fingerprint density at radius 2 is 1.91 bits per heavy atom. The van der Waals surface area contributed by atoms with E-state index in [1.807, 2.05) is 46.6 Å². The summed E-state index contributed by atoms with van der Waals surface area (Å²) in [5.74, 6) is -0.173. The van der Waals surface area contributed by atoms with Crippen molar-refractivity contribution in [3.8, 4) is 0 Å². The number of rotatable bonds is 6. The number of imidazole rings is 1. The van der Waals surface area contributed by atoms with Crippen LogP contribution in [0.25, 0.3) is 16.0 Å². The van der Waals surface area contributed by atoms with Gasteiger partial charge in [0, 0.05) is 25.8 Å². The van der Waals surface area contributed by atoms with Crippen LogP contribution in [0.2, 0.25) is 0 Å². The molecule has 176 valence electrons. The molecular weight excluding hydrogens is 471 g/mol. The molecule has 1 amide bonds. The van der Waals surface area contributed by atoms with Gasteiger partial charge in [-0.15, -0.1) is 24.8 Å². The number of hydrogen-bond acceptors (Lipinski definition) is 6. The van der Waals surface area contributed by atoms with E-state index < -0.39 is 0 Å². The van der Waals surface area contributed by atoms with E-state index in [-0.39, 0.29) is 43.2 Å². The summed E-state index contributed by atoms with van der Waals surface area (Å²) < 4.78 is 6.74. The third-order valence-corrected chi connectivity index (χ3v) is 6.87. The molecule has 1 aliphatic rings. The van der Waals surface area contributed by atoms with Crippen LogP contribution >= 0.6 is 36.2 Å². The fourth-order valence-corrected chi connectivity index (χ4v) is 5.19. The van der Waals surface area contributed by atoms with Gasteiger partial charge in [0.15, 0.2) is 4.96 Å². The molecule has 0 unspecified atom stereocenters. The van der Waals surface area contributed by atoms with Gasteiger partial charge in [-0.1, -0.05) is 36.7 Å². The molecule has 0 N–H and O–H groups in total. The molecule has 0 aliphatic heterocycles. The number of fused-ring (bicyclic) bond motifs is 3. The Balaban J connectivity index is 0.00000181. The second-order valence-corrected chi connectivity index (χ2v) is 9.15. The molecule has 1 fully saturated rings. The zero-order valence-electron chi connectivity index (χ0n) is 18.6. The second-order valence-electron chi connectivity index (χ2n) is 8.14. The number of nitrogens with zero attached hydrogens (tertiary/aromatic N) is 4. The largest absolute Gasteiger partial charge is 0.468 e. The Kier molecular flexibility index (Phi) is 9.33. The number of thiazole rings is 1. The summed E-state index contributed by atoms with van der Waals surface area (Å²) in [4.78, 5) is 34.6. The molecule has 7 nitrogen and oxygen atoms in total. The molecule has 10 heteroatoms. The first-order chi connectivity index (χ1) is 14.5. The number of likely N-dealkylation sites (N-methyl/N-ethyl adjacent to an activating group) is 1. The van der Waals surface area contributed by atoms with E-state index in [2.05, 4.69) is 6.07 Å². The van der Waals surface area contributed by atoms with Crippen LogP contribution in [0, 0.1) is 0 Å². The van der Waals surface area contributed by atoms with Gasteiger partial charge in [0.25, 0.3) is 5.91 Å². The van der Waals surface area contributed by atoms with E-state index in [9.17, 15) is 9.59 Å². The first kappa shape index (κ1) is 26.4. The van der Waals surface area contributed by atoms with Crippen molar-refractivity contribution in [3.05, 3.63) is 34.8 Å². The Labute approximate surface area is 204 Å². The summed E-state index contributed by atoms with van der Waals surface area (Å²) in [5, 5.41) is 0. The Hall–Kier alpha value is -1.87. The summed E-state index contributed by atoms with van der Waals surface area (Å²) in [7, 11) is 5.20. The maximum Gasteiger partial charge on any atom is 0.319 e. The van der Waals surface area contributed by atoms with Crippen LogP contribution < -0.4 is 0 Å². The van der Waals surface area contributed by atoms with Gasteiger partial charge in [0.2, 0.25) is 0 Å². The van der Waals surface area contributed by atoms with Gasteiger partial charge in [0.1, 0.15) is 4.88 Å². The standard InChI is InChI=1S/C22H28N4O3S.2ClH/c1-24(14-20(27)29-3)12-15-9-10-17-18(11-15)26-13-19(30-22(26)23-17)21(28)25(2)16-7-5-4-6-8-16;;/h9-11,13,16H,4-8,12,14H2,1-3H3;2*1H. The second kappa shape index (κ2) is 11.3. The van der Waals surface area contributed by atoms with E-state index in [0.717, 1.165) is 39.3 Å². The van der Waals surface area contributed by atoms with Crippen LogP contribution in [0.4, 0.5) is 0 Å². The molecule has 0 radical (unpaired) electrons. The van der Waals surface area contributed by atoms with Gasteiger partial charge in [-0.2, -0.15) is 0 Å². The zero-order chi connectivity index (χ0) is 21.3. The van der Waals surface area contributed by atoms with Crippen molar-refractivity contribution in [2.75, 3.05) is 27.7 Å². The van der Waals surface area contributed by atoms with Gasteiger partial charge in [0.05, 0.1) is 24.7 Å². The van der Waals surface area contributed by atoms with Crippen molar-refractivity contribution in [3.63, 3.8) is 0 Å². The third kappa shape index (κ3) is 5.54. The van der Waals surface area contributed by atoms with E-state index in [4.69, 9.17) is 9.72 Å². The van der Waals surface area contributed by atoms with Crippen molar-refractivity contribution in [2.24, 2.45) is 0 Å². The minimum Gasteiger partial charge on any atom is -0.468 e. The molecule has 0 saturated heterocycles. The minimum absolute atomic E-state index is 0. The number of hydrogen-bond donors (Lipinski definition) is 0. The topological polar surface area (TPSA) is 67.2 Å². The Morgan fingerprint density at radius 1 is 1.19 bits per heavy atom. The number of amides is 1. The fraction of sp³-hybridized carbons (Fsp3) is 0.500. The van der Waals surface area contributed by atoms with Crippen molar-refractivity contribution in [2.45, 2.75) is 44.7 Å². The van der Waals surface area contributed by atoms with E-state index in [0.29, 0.717) is 12.6 Å². The molecule has 1 saturated carbocycles. The van der Waals surface area contributed by atoms with Crippen LogP contribution in [-0.4, -0.2) is 64.9 Å². The lowest BCUT2D eigenvalue weighted by atomic mass is 9.94. The summed E-state index contributed by atoms with van der Waals surface area (Å²) in [6.45, 7) is 0.861. The van der Waals surface area contributed by atoms with Gasteiger partial charge in [-0.25, -0.2) is 4.98 Å². The minimum atomic E-state index is -0.256. The van der Waals surface area contributed by atoms with Gasteiger partial charge < -0.3 is 9.64 Å². The van der Waals surface area contributed by atoms with Crippen LogP contribution in [0.1, 0.15) is 47.3 Å². The maximum absolute atomic E-state index is 13.0. The summed E-state index contributed by atoms with van der Waals surface area (Å²) >= 11 is 1.44. The van der Waals surface area contributed by atoms with Crippen molar-refractivity contribution >= 4 is 64.0 Å². The summed E-state index contributed by atoms with van der Waals surface area (Å²) in [6.07, 6.45) is 7.78. The smallest absolute Gasteiger partial charge is 0.319 e. The SMILES string of the molecule is COC(=O)CN(C)Cc1ccc2nc3sc(C(=O)N(C)C4CCCCC4)cn3c2c1.Cl.Cl. The van der Waals surface area contributed by atoms with Crippen LogP contribution in [0.3, 0.4) is 0 Å². The lowest BCUT2D eigenvalue weighted by Crippen LogP contribution is -2.37. The average molecular weight is 501 g/mol. The van der Waals surface area contributed by atoms with Gasteiger partial charge >= 0.3 is 5.97 Å². The zero-order valence-corrected chi connectivity index (χ0v) is 21.0. The quantitative estimate of drug-likeness (QED) is 0.469. The number of esters is 1. The van der Waals surface area contributed by atoms with Crippen molar-refractivity contribution in [1.29, 1.82) is 0 Å². The molecule has 32 heavy (non-hydrogen) atoms. The molecule has 2 heterocycles. The number of ether oxygens (including phenoxy) is 1. The highest BCUT2D eigenvalue weighted by molar-refractivity contribution is 7.18. The molecule has 0 spiro atoms. The highest BCUT2D eigenvalue weighted by Gasteiger charge is 2.25. The van der Waals surface area contributed by atoms with Gasteiger partial charge in [-0.05, 0) is 37.6 Å². The number of methoxy groups -OCH3 is 1. The van der Waals surface area contributed by atoms with Crippen molar-refractivity contribution < 1.29 is 14.3 Å². The normalized spacial score (nSPS) is 14.2. The molecule has 4 rings (SSSR count). The van der Waals surface area contributed by atoms with Crippen LogP contribution in [-0.2, 0) is 16.1 Å². The predicted octanol–water partition coefficient (Wildman–Crippen LogP) is 4.40. The number of halogens is 2. The van der Waals surface area contributed by atoms with E-state index >= 15 is 0 Å². The van der Waals surface area contributed by atoms with Crippen LogP contribution in [0.15, 0.2) is 24.4 Å². The lowest BCUT2D eigenvalue weighted by Gasteiger charge is -2.30. The highest BCUT2D eigenvalue weighted by atomic mass is 35.5. The number of carbonyl (C=O) groups excluding carboxylic acids is 2. The molecule has 1 aromatic carbocycles. The molecular formula is C22H30Cl2N4O3S. The van der Waals surface area contributed by atoms with Gasteiger partial charge in [-0.3, -0.25) is 18.9 Å². The molecule has 0 bridgehead atoms. The highest BCUT2D eigenvalue weighted by Crippen LogP contribution is 2.28. The Bertz CT molecular complexity index is 1080. The number of benzene rings is 1. The first-order valence-electron chi connectivity index (χ1n) is 10.4. The maximum atomic E-state index is 13.0. The summed E-state index contributed by atoms with van der Waals surface area (Å²) in [6, 6.07) is 6.44. The number of aromatic nitrogens is 2. The van der Waals surface area contributed by atoms with E-state index in [1.54, 1.807) is 0 Å².